The fraction of sp³-hybridized carbons (Fsp3) is 0.500. The first-order valence-electron chi connectivity index (χ1n) is 6.58. The number of nitrogens with two attached hydrogens (primary N) is 1. The predicted octanol–water partition coefficient (Wildman–Crippen LogP) is 1.27. The number of ether oxygens (including phenoxy) is 1. The van der Waals surface area contributed by atoms with Gasteiger partial charge < -0.3 is 15.6 Å². The molecule has 1 aliphatic rings. The molecule has 1 aromatic carbocycles. The Balaban J connectivity index is 2.17. The number of hydrogen-bond acceptors (Lipinski definition) is 4. The summed E-state index contributed by atoms with van der Waals surface area (Å²) in [5.41, 5.74) is 6.27. The summed E-state index contributed by atoms with van der Waals surface area (Å²) in [5, 5.41) is 9.59. The average molecular weight is 264 g/mol. The van der Waals surface area contributed by atoms with Gasteiger partial charge in [0.1, 0.15) is 5.75 Å². The number of primary amides is 1. The van der Waals surface area contributed by atoms with E-state index in [1.165, 1.54) is 6.07 Å². The molecule has 1 unspecified atom stereocenters. The molecule has 19 heavy (non-hydrogen) atoms. The number of morpholine rings is 1. The van der Waals surface area contributed by atoms with Gasteiger partial charge in [0, 0.05) is 13.1 Å². The quantitative estimate of drug-likeness (QED) is 0.858. The van der Waals surface area contributed by atoms with Crippen molar-refractivity contribution < 1.29 is 14.6 Å². The first kappa shape index (κ1) is 13.8. The molecule has 0 bridgehead atoms. The van der Waals surface area contributed by atoms with Gasteiger partial charge in [0.05, 0.1) is 18.3 Å². The predicted molar refractivity (Wildman–Crippen MR) is 72.0 cm³/mol. The van der Waals surface area contributed by atoms with E-state index >= 15 is 0 Å². The van der Waals surface area contributed by atoms with E-state index in [0.717, 1.165) is 31.6 Å². The molecule has 1 atom stereocenters. The monoisotopic (exact) mass is 264 g/mol. The van der Waals surface area contributed by atoms with Crippen LogP contribution in [0.25, 0.3) is 0 Å². The van der Waals surface area contributed by atoms with Crippen LogP contribution in [0.5, 0.6) is 5.75 Å². The lowest BCUT2D eigenvalue weighted by molar-refractivity contribution is -0.0298. The van der Waals surface area contributed by atoms with Crippen molar-refractivity contribution in [2.75, 3.05) is 26.2 Å². The van der Waals surface area contributed by atoms with Gasteiger partial charge in [0.2, 0.25) is 0 Å². The Labute approximate surface area is 113 Å². The molecule has 1 heterocycles. The minimum atomic E-state index is -0.624. The smallest absolute Gasteiger partial charge is 0.252 e. The molecule has 0 aromatic heterocycles. The Kier molecular flexibility index (Phi) is 4.39. The van der Waals surface area contributed by atoms with Crippen LogP contribution in [0.4, 0.5) is 0 Å². The second kappa shape index (κ2) is 6.04. The third kappa shape index (κ3) is 3.24. The van der Waals surface area contributed by atoms with Gasteiger partial charge >= 0.3 is 0 Å². The van der Waals surface area contributed by atoms with Gasteiger partial charge in [-0.25, -0.2) is 0 Å². The number of rotatable bonds is 4. The van der Waals surface area contributed by atoms with Crippen LogP contribution in [0.2, 0.25) is 0 Å². The van der Waals surface area contributed by atoms with Crippen LogP contribution >= 0.6 is 0 Å². The number of carbonyl (C=O) groups is 1. The van der Waals surface area contributed by atoms with Crippen LogP contribution in [0.15, 0.2) is 18.2 Å². The third-order valence-corrected chi connectivity index (χ3v) is 3.35. The van der Waals surface area contributed by atoms with Gasteiger partial charge in [-0.05, 0) is 30.7 Å². The Bertz CT molecular complexity index is 460. The molecule has 3 N–H and O–H groups in total. The number of hydrogen-bond donors (Lipinski definition) is 2. The summed E-state index contributed by atoms with van der Waals surface area (Å²) in [4.78, 5) is 13.6. The molecule has 5 nitrogen and oxygen atoms in total. The first-order valence-corrected chi connectivity index (χ1v) is 6.58. The van der Waals surface area contributed by atoms with E-state index in [1.807, 2.05) is 0 Å². The Hall–Kier alpha value is -1.59. The van der Waals surface area contributed by atoms with E-state index in [9.17, 15) is 9.90 Å². The highest BCUT2D eigenvalue weighted by atomic mass is 16.5. The highest BCUT2D eigenvalue weighted by Gasteiger charge is 2.22. The van der Waals surface area contributed by atoms with E-state index in [1.54, 1.807) is 12.1 Å². The topological polar surface area (TPSA) is 75.8 Å². The number of aromatic hydroxyl groups is 1. The normalized spacial score (nSPS) is 20.4. The lowest BCUT2D eigenvalue weighted by Gasteiger charge is -2.33. The molecule has 0 saturated carbocycles. The molecule has 0 spiro atoms. The van der Waals surface area contributed by atoms with E-state index in [-0.39, 0.29) is 17.4 Å². The molecule has 1 amide bonds. The van der Waals surface area contributed by atoms with Crippen molar-refractivity contribution in [1.29, 1.82) is 0 Å². The number of phenols is 1. The zero-order valence-corrected chi connectivity index (χ0v) is 11.1. The van der Waals surface area contributed by atoms with Gasteiger partial charge in [-0.1, -0.05) is 13.0 Å². The SMILES string of the molecule is CCCN1CCOC(c2ccc(O)c(C(N)=O)c2)C1. The molecule has 5 heteroatoms. The van der Waals surface area contributed by atoms with Crippen LogP contribution < -0.4 is 5.73 Å². The zero-order chi connectivity index (χ0) is 13.8. The summed E-state index contributed by atoms with van der Waals surface area (Å²) >= 11 is 0. The Morgan fingerprint density at radius 3 is 3.05 bits per heavy atom. The summed E-state index contributed by atoms with van der Waals surface area (Å²) in [6.07, 6.45) is 1.04. The fourth-order valence-electron chi connectivity index (χ4n) is 2.37. The summed E-state index contributed by atoms with van der Waals surface area (Å²) in [6.45, 7) is 5.61. The van der Waals surface area contributed by atoms with Crippen molar-refractivity contribution in [3.8, 4) is 5.75 Å². The van der Waals surface area contributed by atoms with E-state index < -0.39 is 5.91 Å². The highest BCUT2D eigenvalue weighted by Crippen LogP contribution is 2.26. The standard InChI is InChI=1S/C14H20N2O3/c1-2-5-16-6-7-19-13(9-16)10-3-4-12(17)11(8-10)14(15)18/h3-4,8,13,17H,2,5-7,9H2,1H3,(H2,15,18). The summed E-state index contributed by atoms with van der Waals surface area (Å²) < 4.78 is 5.74. The molecule has 0 aliphatic carbocycles. The maximum absolute atomic E-state index is 11.2. The van der Waals surface area contributed by atoms with Crippen LogP contribution in [0.3, 0.4) is 0 Å². The summed E-state index contributed by atoms with van der Waals surface area (Å²) in [5.74, 6) is -0.710. The minimum Gasteiger partial charge on any atom is -0.507 e. The number of benzene rings is 1. The maximum atomic E-state index is 11.2. The van der Waals surface area contributed by atoms with Crippen LogP contribution in [0, 0.1) is 0 Å². The zero-order valence-electron chi connectivity index (χ0n) is 11.1. The van der Waals surface area contributed by atoms with Crippen molar-refractivity contribution in [3.63, 3.8) is 0 Å². The maximum Gasteiger partial charge on any atom is 0.252 e. The van der Waals surface area contributed by atoms with Crippen molar-refractivity contribution in [3.05, 3.63) is 29.3 Å². The van der Waals surface area contributed by atoms with Crippen molar-refractivity contribution in [2.45, 2.75) is 19.4 Å². The number of amides is 1. The molecule has 1 aliphatic heterocycles. The van der Waals surface area contributed by atoms with E-state index in [4.69, 9.17) is 10.5 Å². The third-order valence-electron chi connectivity index (χ3n) is 3.35. The first-order chi connectivity index (χ1) is 9.11. The van der Waals surface area contributed by atoms with Gasteiger partial charge in [0.25, 0.3) is 5.91 Å². The molecule has 104 valence electrons. The average Bonchev–Trinajstić information content (AvgIpc) is 2.39. The van der Waals surface area contributed by atoms with Gasteiger partial charge in [-0.3, -0.25) is 9.69 Å². The molecule has 1 fully saturated rings. The molecule has 0 radical (unpaired) electrons. The highest BCUT2D eigenvalue weighted by molar-refractivity contribution is 5.95. The van der Waals surface area contributed by atoms with Gasteiger partial charge in [-0.15, -0.1) is 0 Å². The van der Waals surface area contributed by atoms with E-state index in [0.29, 0.717) is 6.61 Å². The number of carbonyl (C=O) groups excluding carboxylic acids is 1. The van der Waals surface area contributed by atoms with Gasteiger partial charge in [-0.2, -0.15) is 0 Å². The minimum absolute atomic E-state index is 0.0704. The van der Waals surface area contributed by atoms with Crippen molar-refractivity contribution in [1.82, 2.24) is 4.90 Å². The lowest BCUT2D eigenvalue weighted by Crippen LogP contribution is -2.38. The lowest BCUT2D eigenvalue weighted by atomic mass is 10.0. The molecular weight excluding hydrogens is 244 g/mol. The Morgan fingerprint density at radius 2 is 2.37 bits per heavy atom. The second-order valence-electron chi connectivity index (χ2n) is 4.80. The largest absolute Gasteiger partial charge is 0.507 e. The molecule has 1 saturated heterocycles. The summed E-state index contributed by atoms with van der Waals surface area (Å²) in [7, 11) is 0. The van der Waals surface area contributed by atoms with E-state index in [2.05, 4.69) is 11.8 Å². The van der Waals surface area contributed by atoms with Crippen molar-refractivity contribution >= 4 is 5.91 Å². The Morgan fingerprint density at radius 1 is 1.58 bits per heavy atom. The van der Waals surface area contributed by atoms with Crippen LogP contribution in [-0.4, -0.2) is 42.2 Å². The van der Waals surface area contributed by atoms with Crippen LogP contribution in [0.1, 0.15) is 35.4 Å². The summed E-state index contributed by atoms with van der Waals surface area (Å²) in [6, 6.07) is 4.90. The van der Waals surface area contributed by atoms with Crippen LogP contribution in [-0.2, 0) is 4.74 Å². The fourth-order valence-corrected chi connectivity index (χ4v) is 2.37. The molecule has 1 aromatic rings. The molecule has 2 rings (SSSR count). The van der Waals surface area contributed by atoms with Gasteiger partial charge in [0.15, 0.2) is 0 Å². The van der Waals surface area contributed by atoms with Crippen molar-refractivity contribution in [2.24, 2.45) is 5.73 Å². The second-order valence-corrected chi connectivity index (χ2v) is 4.80. The molecular formula is C14H20N2O3. The number of nitrogens with zero attached hydrogens (tertiary/aromatic N) is 1.